The largest absolute Gasteiger partial charge is 0.310 e. The summed E-state index contributed by atoms with van der Waals surface area (Å²) in [6.07, 6.45) is 0. The number of benzene rings is 10. The van der Waals surface area contributed by atoms with E-state index in [1.165, 1.54) is 88.3 Å². The van der Waals surface area contributed by atoms with E-state index in [1.54, 1.807) is 0 Å². The predicted octanol–water partition coefficient (Wildman–Crippen LogP) is 15.8. The topological polar surface area (TPSA) is 3.24 Å². The van der Waals surface area contributed by atoms with Crippen LogP contribution in [0, 0.1) is 0 Å². The summed E-state index contributed by atoms with van der Waals surface area (Å²) in [5.74, 6) is 0. The Balaban J connectivity index is 1.06. The fraction of sp³-hybridized carbons (Fsp3) is 0.0667. The van der Waals surface area contributed by atoms with Crippen LogP contribution in [-0.2, 0) is 10.8 Å². The molecule has 2 aliphatic carbocycles. The molecule has 0 fully saturated rings. The highest BCUT2D eigenvalue weighted by molar-refractivity contribution is 6.13. The van der Waals surface area contributed by atoms with Crippen LogP contribution in [0.4, 0.5) is 17.1 Å². The summed E-state index contributed by atoms with van der Waals surface area (Å²) >= 11 is 0. The lowest BCUT2D eigenvalue weighted by molar-refractivity contribution is 0.713. The van der Waals surface area contributed by atoms with Crippen molar-refractivity contribution in [2.75, 3.05) is 4.90 Å². The molecule has 2 unspecified atom stereocenters. The molecular weight excluding hydrogens is 735 g/mol. The van der Waals surface area contributed by atoms with Gasteiger partial charge in [0.1, 0.15) is 0 Å². The van der Waals surface area contributed by atoms with Crippen LogP contribution in [-0.4, -0.2) is 0 Å². The van der Waals surface area contributed by atoms with E-state index in [2.05, 4.69) is 243 Å². The van der Waals surface area contributed by atoms with Crippen molar-refractivity contribution >= 4 is 38.6 Å². The molecular formula is C60H43N. The van der Waals surface area contributed by atoms with Gasteiger partial charge in [-0.1, -0.05) is 182 Å². The second-order valence-electron chi connectivity index (χ2n) is 17.1. The van der Waals surface area contributed by atoms with Crippen LogP contribution >= 0.6 is 0 Å². The maximum atomic E-state index is 2.47. The number of nitrogens with zero attached hydrogens (tertiary/aromatic N) is 1. The molecule has 12 rings (SSSR count). The Hall–Kier alpha value is -7.48. The minimum atomic E-state index is -0.315. The quantitative estimate of drug-likeness (QED) is 0.152. The molecule has 0 heterocycles. The summed E-state index contributed by atoms with van der Waals surface area (Å²) < 4.78 is 0. The zero-order valence-electron chi connectivity index (χ0n) is 34.3. The summed E-state index contributed by atoms with van der Waals surface area (Å²) in [5, 5.41) is 5.08. The fourth-order valence-corrected chi connectivity index (χ4v) is 10.9. The average Bonchev–Trinajstić information content (AvgIpc) is 3.75. The van der Waals surface area contributed by atoms with E-state index in [0.717, 1.165) is 17.1 Å². The molecule has 10 aromatic carbocycles. The third-order valence-electron chi connectivity index (χ3n) is 14.0. The van der Waals surface area contributed by atoms with Gasteiger partial charge in [0, 0.05) is 27.9 Å². The van der Waals surface area contributed by atoms with Gasteiger partial charge in [0.15, 0.2) is 0 Å². The molecule has 0 N–H and O–H groups in total. The van der Waals surface area contributed by atoms with Gasteiger partial charge in [0.2, 0.25) is 0 Å². The highest BCUT2D eigenvalue weighted by Crippen LogP contribution is 2.56. The van der Waals surface area contributed by atoms with Crippen molar-refractivity contribution in [1.82, 2.24) is 0 Å². The maximum absolute atomic E-state index is 2.47. The van der Waals surface area contributed by atoms with E-state index in [1.807, 2.05) is 0 Å². The van der Waals surface area contributed by atoms with Gasteiger partial charge in [-0.05, 0) is 145 Å². The molecule has 0 spiro atoms. The lowest BCUT2D eigenvalue weighted by Gasteiger charge is -2.31. The van der Waals surface area contributed by atoms with Crippen LogP contribution < -0.4 is 4.90 Å². The first-order chi connectivity index (χ1) is 30.0. The van der Waals surface area contributed by atoms with Gasteiger partial charge >= 0.3 is 0 Å². The first-order valence-electron chi connectivity index (χ1n) is 21.4. The zero-order valence-corrected chi connectivity index (χ0v) is 34.3. The van der Waals surface area contributed by atoms with E-state index in [9.17, 15) is 0 Å². The molecule has 288 valence electrons. The Kier molecular flexibility index (Phi) is 7.86. The number of hydrogen-bond donors (Lipinski definition) is 0. The minimum Gasteiger partial charge on any atom is -0.310 e. The van der Waals surface area contributed by atoms with Crippen molar-refractivity contribution in [2.24, 2.45) is 0 Å². The van der Waals surface area contributed by atoms with Crippen LogP contribution in [0.25, 0.3) is 54.9 Å². The number of hydrogen-bond acceptors (Lipinski definition) is 1. The van der Waals surface area contributed by atoms with Crippen molar-refractivity contribution in [3.8, 4) is 33.4 Å². The Morgan fingerprint density at radius 2 is 0.770 bits per heavy atom. The van der Waals surface area contributed by atoms with E-state index >= 15 is 0 Å². The summed E-state index contributed by atoms with van der Waals surface area (Å²) in [7, 11) is 0. The second kappa shape index (κ2) is 13.5. The van der Waals surface area contributed by atoms with E-state index < -0.39 is 0 Å². The second-order valence-corrected chi connectivity index (χ2v) is 17.1. The number of fused-ring (bicyclic) bond motifs is 9. The zero-order chi connectivity index (χ0) is 40.7. The van der Waals surface area contributed by atoms with Crippen molar-refractivity contribution in [2.45, 2.75) is 24.7 Å². The van der Waals surface area contributed by atoms with E-state index in [0.29, 0.717) is 0 Å². The molecule has 0 aliphatic heterocycles. The van der Waals surface area contributed by atoms with Gasteiger partial charge in [0.25, 0.3) is 0 Å². The standard InChI is InChI=1S/C60H43N/c1-59(42-18-5-3-6-19-42)56-28-16-14-26-51(56)54-38-45(34-36-57(54)59)61(44-31-29-40(30-32-44)53-37-41-17-9-10-22-47(41)48-23-11-12-24-49(48)53)46-33-35-52-50-25-13-15-27-55(50)60(2,58(52)39-46)43-20-7-4-8-21-43/h3-39H,1-2H3. The molecule has 1 heteroatoms. The van der Waals surface area contributed by atoms with Crippen LogP contribution in [0.1, 0.15) is 47.2 Å². The first kappa shape index (κ1) is 35.5. The predicted molar refractivity (Wildman–Crippen MR) is 256 cm³/mol. The van der Waals surface area contributed by atoms with Crippen LogP contribution in [0.2, 0.25) is 0 Å². The smallest absolute Gasteiger partial charge is 0.0468 e. The normalized spacial score (nSPS) is 17.1. The van der Waals surface area contributed by atoms with Gasteiger partial charge in [-0.25, -0.2) is 0 Å². The molecule has 0 radical (unpaired) electrons. The van der Waals surface area contributed by atoms with Crippen molar-refractivity contribution in [3.63, 3.8) is 0 Å². The average molecular weight is 778 g/mol. The SMILES string of the molecule is CC1(c2ccccc2)c2ccccc2-c2cc(N(c3ccc(-c4cc5ccccc5c5ccccc45)cc3)c3ccc4c(c3)C(C)(c3ccccc3)c3ccccc3-4)ccc21. The Labute approximate surface area is 357 Å². The molecule has 2 atom stereocenters. The Morgan fingerprint density at radius 1 is 0.295 bits per heavy atom. The summed E-state index contributed by atoms with van der Waals surface area (Å²) in [5.41, 5.74) is 18.4. The highest BCUT2D eigenvalue weighted by Gasteiger charge is 2.42. The molecule has 0 aromatic heterocycles. The number of rotatable bonds is 6. The molecule has 0 saturated heterocycles. The minimum absolute atomic E-state index is 0.266. The van der Waals surface area contributed by atoms with Crippen LogP contribution in [0.5, 0.6) is 0 Å². The Morgan fingerprint density at radius 3 is 1.46 bits per heavy atom. The van der Waals surface area contributed by atoms with Gasteiger partial charge in [0.05, 0.1) is 0 Å². The third kappa shape index (κ3) is 5.20. The molecule has 1 nitrogen and oxygen atoms in total. The van der Waals surface area contributed by atoms with Gasteiger partial charge in [-0.15, -0.1) is 0 Å². The Bertz CT molecular complexity index is 3330. The molecule has 0 bridgehead atoms. The molecule has 2 aliphatic rings. The van der Waals surface area contributed by atoms with E-state index in [4.69, 9.17) is 0 Å². The third-order valence-corrected chi connectivity index (χ3v) is 14.0. The summed E-state index contributed by atoms with van der Waals surface area (Å²) in [6, 6.07) is 83.4. The fourth-order valence-electron chi connectivity index (χ4n) is 10.9. The summed E-state index contributed by atoms with van der Waals surface area (Å²) in [4.78, 5) is 2.47. The lowest BCUT2D eigenvalue weighted by atomic mass is 9.74. The molecule has 0 saturated carbocycles. The molecule has 10 aromatic rings. The van der Waals surface area contributed by atoms with Gasteiger partial charge in [-0.3, -0.25) is 0 Å². The van der Waals surface area contributed by atoms with Gasteiger partial charge < -0.3 is 4.90 Å². The first-order valence-corrected chi connectivity index (χ1v) is 21.4. The molecule has 61 heavy (non-hydrogen) atoms. The van der Waals surface area contributed by atoms with Crippen LogP contribution in [0.15, 0.2) is 224 Å². The highest BCUT2D eigenvalue weighted by atomic mass is 15.1. The van der Waals surface area contributed by atoms with Crippen molar-refractivity contribution in [1.29, 1.82) is 0 Å². The summed E-state index contributed by atoms with van der Waals surface area (Å²) in [6.45, 7) is 4.79. The molecule has 0 amide bonds. The lowest BCUT2D eigenvalue weighted by Crippen LogP contribution is -2.23. The van der Waals surface area contributed by atoms with E-state index in [-0.39, 0.29) is 10.8 Å². The van der Waals surface area contributed by atoms with Gasteiger partial charge in [-0.2, -0.15) is 0 Å². The number of anilines is 3. The monoisotopic (exact) mass is 777 g/mol. The van der Waals surface area contributed by atoms with Crippen molar-refractivity contribution in [3.05, 3.63) is 258 Å². The maximum Gasteiger partial charge on any atom is 0.0468 e. The van der Waals surface area contributed by atoms with Crippen molar-refractivity contribution < 1.29 is 0 Å². The van der Waals surface area contributed by atoms with Crippen LogP contribution in [0.3, 0.4) is 0 Å².